The molecule has 0 saturated heterocycles. The van der Waals surface area contributed by atoms with Crippen LogP contribution in [0.15, 0.2) is 36.9 Å². The van der Waals surface area contributed by atoms with Gasteiger partial charge in [-0.2, -0.15) is 5.10 Å². The molecule has 2 aromatic heterocycles. The lowest BCUT2D eigenvalue weighted by atomic mass is 10.4. The minimum Gasteiger partial charge on any atom is -0.265 e. The lowest BCUT2D eigenvalue weighted by Crippen LogP contribution is -1.93. The van der Waals surface area contributed by atoms with Crippen LogP contribution in [0, 0.1) is 3.57 Å². The molecule has 0 amide bonds. The van der Waals surface area contributed by atoms with Gasteiger partial charge in [-0.3, -0.25) is 4.98 Å². The van der Waals surface area contributed by atoms with Crippen molar-refractivity contribution in [2.45, 2.75) is 0 Å². The zero-order valence-corrected chi connectivity index (χ0v) is 9.57. The van der Waals surface area contributed by atoms with Crippen LogP contribution in [0.2, 0.25) is 0 Å². The van der Waals surface area contributed by atoms with Gasteiger partial charge in [-0.15, -0.1) is 12.4 Å². The molecule has 2 rings (SSSR count). The summed E-state index contributed by atoms with van der Waals surface area (Å²) >= 11 is 2.23. The second-order valence-electron chi connectivity index (χ2n) is 2.31. The maximum atomic E-state index is 4.17. The predicted octanol–water partition coefficient (Wildman–Crippen LogP) is 2.29. The van der Waals surface area contributed by atoms with E-state index in [2.05, 4.69) is 32.7 Å². The fourth-order valence-electron chi connectivity index (χ4n) is 0.939. The first-order valence-corrected chi connectivity index (χ1v) is 4.55. The van der Waals surface area contributed by atoms with Crippen molar-refractivity contribution in [3.05, 3.63) is 40.5 Å². The monoisotopic (exact) mass is 307 g/mol. The molecule has 0 saturated carbocycles. The van der Waals surface area contributed by atoms with Gasteiger partial charge in [0.15, 0.2) is 0 Å². The summed E-state index contributed by atoms with van der Waals surface area (Å²) in [4.78, 5) is 3.93. The number of hydrogen-bond donors (Lipinski definition) is 0. The minimum atomic E-state index is 0. The van der Waals surface area contributed by atoms with E-state index < -0.39 is 0 Å². The standard InChI is InChI=1S/C8H6IN3.ClH/c9-7-5-11-12(6-7)8-1-3-10-4-2-8;/h1-6H;1H. The van der Waals surface area contributed by atoms with Crippen molar-refractivity contribution >= 4 is 35.0 Å². The Morgan fingerprint density at radius 1 is 1.23 bits per heavy atom. The molecule has 0 aliphatic rings. The highest BCUT2D eigenvalue weighted by molar-refractivity contribution is 14.1. The molecular weight excluding hydrogens is 300 g/mol. The van der Waals surface area contributed by atoms with E-state index in [0.717, 1.165) is 9.26 Å². The van der Waals surface area contributed by atoms with Crippen LogP contribution in [0.5, 0.6) is 0 Å². The summed E-state index contributed by atoms with van der Waals surface area (Å²) in [6.45, 7) is 0. The van der Waals surface area contributed by atoms with Gasteiger partial charge < -0.3 is 0 Å². The first-order valence-electron chi connectivity index (χ1n) is 3.47. The van der Waals surface area contributed by atoms with Crippen molar-refractivity contribution < 1.29 is 0 Å². The Kier molecular flexibility index (Phi) is 3.68. The van der Waals surface area contributed by atoms with E-state index in [1.807, 2.05) is 29.2 Å². The van der Waals surface area contributed by atoms with Crippen molar-refractivity contribution in [1.29, 1.82) is 0 Å². The van der Waals surface area contributed by atoms with Gasteiger partial charge in [-0.05, 0) is 34.7 Å². The number of hydrogen-bond acceptors (Lipinski definition) is 2. The Morgan fingerprint density at radius 2 is 1.92 bits per heavy atom. The first kappa shape index (κ1) is 10.5. The summed E-state index contributed by atoms with van der Waals surface area (Å²) in [6.07, 6.45) is 7.30. The van der Waals surface area contributed by atoms with Crippen LogP contribution in [-0.2, 0) is 0 Å². The fourth-order valence-corrected chi connectivity index (χ4v) is 1.33. The molecule has 68 valence electrons. The highest BCUT2D eigenvalue weighted by Crippen LogP contribution is 2.07. The molecule has 2 heterocycles. The second kappa shape index (κ2) is 4.57. The molecule has 3 nitrogen and oxygen atoms in total. The van der Waals surface area contributed by atoms with Gasteiger partial charge in [0.25, 0.3) is 0 Å². The third-order valence-electron chi connectivity index (χ3n) is 1.48. The highest BCUT2D eigenvalue weighted by atomic mass is 127. The molecule has 5 heteroatoms. The summed E-state index contributed by atoms with van der Waals surface area (Å²) < 4.78 is 2.95. The van der Waals surface area contributed by atoms with Crippen molar-refractivity contribution in [3.8, 4) is 5.69 Å². The minimum absolute atomic E-state index is 0. The maximum absolute atomic E-state index is 4.17. The predicted molar refractivity (Wildman–Crippen MR) is 61.3 cm³/mol. The topological polar surface area (TPSA) is 30.7 Å². The Morgan fingerprint density at radius 3 is 2.46 bits per heavy atom. The molecule has 0 atom stereocenters. The molecule has 0 aromatic carbocycles. The van der Waals surface area contributed by atoms with E-state index in [1.54, 1.807) is 12.4 Å². The quantitative estimate of drug-likeness (QED) is 0.757. The van der Waals surface area contributed by atoms with Crippen LogP contribution >= 0.6 is 35.0 Å². The van der Waals surface area contributed by atoms with E-state index in [-0.39, 0.29) is 12.4 Å². The fraction of sp³-hybridized carbons (Fsp3) is 0. The molecule has 0 bridgehead atoms. The SMILES string of the molecule is Cl.Ic1cnn(-c2ccncc2)c1. The molecule has 0 spiro atoms. The van der Waals surface area contributed by atoms with Crippen molar-refractivity contribution in [2.24, 2.45) is 0 Å². The number of nitrogens with zero attached hydrogens (tertiary/aromatic N) is 3. The average molecular weight is 308 g/mol. The van der Waals surface area contributed by atoms with Crippen LogP contribution in [0.25, 0.3) is 5.69 Å². The smallest absolute Gasteiger partial charge is 0.0676 e. The number of rotatable bonds is 1. The molecule has 0 N–H and O–H groups in total. The highest BCUT2D eigenvalue weighted by Gasteiger charge is 1.95. The van der Waals surface area contributed by atoms with E-state index >= 15 is 0 Å². The Bertz CT molecular complexity index is 374. The number of halogens is 2. The Balaban J connectivity index is 0.000000845. The summed E-state index contributed by atoms with van der Waals surface area (Å²) in [5, 5.41) is 4.17. The molecule has 0 aliphatic heterocycles. The van der Waals surface area contributed by atoms with Crippen LogP contribution < -0.4 is 0 Å². The zero-order chi connectivity index (χ0) is 8.39. The van der Waals surface area contributed by atoms with E-state index in [4.69, 9.17) is 0 Å². The average Bonchev–Trinajstić information content (AvgIpc) is 2.54. The summed E-state index contributed by atoms with van der Waals surface area (Å²) in [6, 6.07) is 3.84. The molecule has 2 aromatic rings. The van der Waals surface area contributed by atoms with Gasteiger partial charge in [0.1, 0.15) is 0 Å². The van der Waals surface area contributed by atoms with E-state index in [9.17, 15) is 0 Å². The molecule has 0 unspecified atom stereocenters. The summed E-state index contributed by atoms with van der Waals surface area (Å²) in [5.41, 5.74) is 1.04. The van der Waals surface area contributed by atoms with Gasteiger partial charge in [0, 0.05) is 18.6 Å². The summed E-state index contributed by atoms with van der Waals surface area (Å²) in [5.74, 6) is 0. The Hall–Kier alpha value is -0.620. The maximum Gasteiger partial charge on any atom is 0.0676 e. The third kappa shape index (κ3) is 2.41. The van der Waals surface area contributed by atoms with Crippen molar-refractivity contribution in [2.75, 3.05) is 0 Å². The third-order valence-corrected chi connectivity index (χ3v) is 2.04. The van der Waals surface area contributed by atoms with E-state index in [1.165, 1.54) is 0 Å². The number of pyridine rings is 1. The summed E-state index contributed by atoms with van der Waals surface area (Å²) in [7, 11) is 0. The van der Waals surface area contributed by atoms with Crippen LogP contribution in [0.4, 0.5) is 0 Å². The van der Waals surface area contributed by atoms with Gasteiger partial charge in [-0.1, -0.05) is 0 Å². The van der Waals surface area contributed by atoms with E-state index in [0.29, 0.717) is 0 Å². The van der Waals surface area contributed by atoms with Gasteiger partial charge in [0.05, 0.1) is 15.5 Å². The van der Waals surface area contributed by atoms with Crippen LogP contribution in [-0.4, -0.2) is 14.8 Å². The van der Waals surface area contributed by atoms with Crippen LogP contribution in [0.3, 0.4) is 0 Å². The molecule has 0 radical (unpaired) electrons. The molecule has 0 aliphatic carbocycles. The lowest BCUT2D eigenvalue weighted by molar-refractivity contribution is 0.877. The van der Waals surface area contributed by atoms with Gasteiger partial charge in [-0.25, -0.2) is 4.68 Å². The molecule has 0 fully saturated rings. The largest absolute Gasteiger partial charge is 0.265 e. The molecular formula is C8H7ClIN3. The molecule has 13 heavy (non-hydrogen) atoms. The van der Waals surface area contributed by atoms with Crippen molar-refractivity contribution in [3.63, 3.8) is 0 Å². The van der Waals surface area contributed by atoms with Gasteiger partial charge >= 0.3 is 0 Å². The zero-order valence-electron chi connectivity index (χ0n) is 6.59. The van der Waals surface area contributed by atoms with Crippen LogP contribution in [0.1, 0.15) is 0 Å². The van der Waals surface area contributed by atoms with Gasteiger partial charge in [0.2, 0.25) is 0 Å². The Labute approximate surface area is 95.7 Å². The lowest BCUT2D eigenvalue weighted by Gasteiger charge is -1.97. The first-order chi connectivity index (χ1) is 5.86. The second-order valence-corrected chi connectivity index (χ2v) is 3.55. The number of aromatic nitrogens is 3. The van der Waals surface area contributed by atoms with Crippen molar-refractivity contribution in [1.82, 2.24) is 14.8 Å². The normalized spacial score (nSPS) is 9.31.